The van der Waals surface area contributed by atoms with Crippen LogP contribution in [-0.4, -0.2) is 14.0 Å². The molecule has 0 spiro atoms. The molecule has 0 aliphatic rings. The van der Waals surface area contributed by atoms with Crippen LogP contribution in [0.4, 0.5) is 0 Å². The maximum absolute atomic E-state index is 3.94. The Labute approximate surface area is 49.7 Å². The molecular weight excluding hydrogens is 122 g/mol. The van der Waals surface area contributed by atoms with Crippen molar-refractivity contribution in [2.24, 2.45) is 0 Å². The Morgan fingerprint density at radius 2 is 2.62 bits per heavy atom. The first kappa shape index (κ1) is 4.03. The van der Waals surface area contributed by atoms with Gasteiger partial charge in [-0.2, -0.15) is 9.47 Å². The van der Waals surface area contributed by atoms with Crippen LogP contribution in [0.1, 0.15) is 0 Å². The molecule has 40 valence electrons. The monoisotopic (exact) mass is 125 g/mol. The van der Waals surface area contributed by atoms with Crippen molar-refractivity contribution in [3.8, 4) is 0 Å². The van der Waals surface area contributed by atoms with Gasteiger partial charge >= 0.3 is 0 Å². The van der Waals surface area contributed by atoms with Crippen LogP contribution in [0, 0.1) is 0 Å². The number of nitrogens with zero attached hydrogens (tertiary/aromatic N) is 3. The lowest BCUT2D eigenvalue weighted by atomic mass is 10.8. The molecule has 4 heteroatoms. The van der Waals surface area contributed by atoms with Gasteiger partial charge in [0.25, 0.3) is 0 Å². The number of fused-ring (bicyclic) bond motifs is 1. The van der Waals surface area contributed by atoms with Crippen LogP contribution in [0.25, 0.3) is 4.83 Å². The van der Waals surface area contributed by atoms with Crippen LogP contribution in [-0.2, 0) is 0 Å². The van der Waals surface area contributed by atoms with E-state index in [1.165, 1.54) is 11.5 Å². The molecule has 0 saturated carbocycles. The van der Waals surface area contributed by atoms with Crippen molar-refractivity contribution >= 4 is 16.4 Å². The highest BCUT2D eigenvalue weighted by molar-refractivity contribution is 7.11. The molecule has 0 unspecified atom stereocenters. The van der Waals surface area contributed by atoms with Gasteiger partial charge in [-0.1, -0.05) is 0 Å². The molecule has 0 aromatic carbocycles. The second-order valence-corrected chi connectivity index (χ2v) is 2.24. The Morgan fingerprint density at radius 3 is 3.50 bits per heavy atom. The van der Waals surface area contributed by atoms with Gasteiger partial charge < -0.3 is 0 Å². The minimum absolute atomic E-state index is 1.09. The van der Waals surface area contributed by atoms with Crippen LogP contribution in [0.5, 0.6) is 0 Å². The average molecular weight is 125 g/mol. The fourth-order valence-corrected chi connectivity index (χ4v) is 1.13. The first-order chi connectivity index (χ1) is 3.97. The Balaban J connectivity index is 3.06. The lowest BCUT2D eigenvalue weighted by Gasteiger charge is -1.69. The predicted octanol–water partition coefficient (Wildman–Crippen LogP) is 0.791. The smallest absolute Gasteiger partial charge is 0.139 e. The van der Waals surface area contributed by atoms with Gasteiger partial charge in [-0.05, 0) is 17.6 Å². The molecule has 2 aromatic heterocycles. The van der Waals surface area contributed by atoms with Crippen molar-refractivity contribution < 1.29 is 0 Å². The van der Waals surface area contributed by atoms with Gasteiger partial charge in [0.05, 0.1) is 6.20 Å². The van der Waals surface area contributed by atoms with Crippen LogP contribution >= 0.6 is 11.5 Å². The zero-order chi connectivity index (χ0) is 5.40. The van der Waals surface area contributed by atoms with E-state index >= 15 is 0 Å². The topological polar surface area (TPSA) is 30.2 Å². The van der Waals surface area contributed by atoms with E-state index in [0.717, 1.165) is 4.83 Å². The zero-order valence-electron chi connectivity index (χ0n) is 3.98. The summed E-state index contributed by atoms with van der Waals surface area (Å²) in [6.07, 6.45) is 3.45. The molecule has 0 aliphatic heterocycles. The van der Waals surface area contributed by atoms with E-state index in [0.29, 0.717) is 0 Å². The molecule has 0 aliphatic carbocycles. The summed E-state index contributed by atoms with van der Waals surface area (Å²) in [4.78, 5) is 1.09. The third-order valence-corrected chi connectivity index (χ3v) is 1.65. The third kappa shape index (κ3) is 0.376. The van der Waals surface area contributed by atoms with Crippen LogP contribution in [0.3, 0.4) is 0 Å². The maximum atomic E-state index is 3.94. The van der Waals surface area contributed by atoms with E-state index in [9.17, 15) is 0 Å². The maximum Gasteiger partial charge on any atom is 0.139 e. The molecule has 0 atom stereocenters. The highest BCUT2D eigenvalue weighted by Gasteiger charge is 1.90. The molecule has 8 heavy (non-hydrogen) atoms. The lowest BCUT2D eigenvalue weighted by molar-refractivity contribution is 0.957. The number of rotatable bonds is 0. The first-order valence-corrected chi connectivity index (χ1v) is 2.98. The molecule has 0 bridgehead atoms. The van der Waals surface area contributed by atoms with Crippen LogP contribution in [0.15, 0.2) is 18.6 Å². The molecule has 0 amide bonds. The second kappa shape index (κ2) is 1.29. The highest BCUT2D eigenvalue weighted by Crippen LogP contribution is 2.03. The molecule has 2 rings (SSSR count). The summed E-state index contributed by atoms with van der Waals surface area (Å²) in [5, 5.41) is 3.94. The van der Waals surface area contributed by atoms with E-state index in [1.807, 2.05) is 6.07 Å². The van der Waals surface area contributed by atoms with Gasteiger partial charge in [0.15, 0.2) is 0 Å². The number of hydrogen-bond acceptors (Lipinski definition) is 3. The fraction of sp³-hybridized carbons (Fsp3) is 0. The largest absolute Gasteiger partial charge is 0.210 e. The van der Waals surface area contributed by atoms with Gasteiger partial charge in [0, 0.05) is 0 Å². The molecule has 2 heterocycles. The van der Waals surface area contributed by atoms with Crippen LogP contribution < -0.4 is 0 Å². The Morgan fingerprint density at radius 1 is 1.62 bits per heavy atom. The molecule has 0 N–H and O–H groups in total. The highest BCUT2D eigenvalue weighted by atomic mass is 32.1. The predicted molar refractivity (Wildman–Crippen MR) is 30.9 cm³/mol. The molecule has 0 fully saturated rings. The molecule has 0 saturated heterocycles. The Bertz CT molecular complexity index is 233. The zero-order valence-corrected chi connectivity index (χ0v) is 4.80. The van der Waals surface area contributed by atoms with Gasteiger partial charge in [0.1, 0.15) is 11.2 Å². The normalized spacial score (nSPS) is 10.5. The van der Waals surface area contributed by atoms with E-state index in [-0.39, 0.29) is 0 Å². The van der Waals surface area contributed by atoms with Crippen molar-refractivity contribution in [3.63, 3.8) is 0 Å². The minimum Gasteiger partial charge on any atom is -0.210 e. The lowest BCUT2D eigenvalue weighted by Crippen LogP contribution is -1.74. The standard InChI is InChI=1S/C4H3N3S/c1-2-5-7-3-6-8-4(1)7/h1-3H. The van der Waals surface area contributed by atoms with Crippen LogP contribution in [0.2, 0.25) is 0 Å². The second-order valence-electron chi connectivity index (χ2n) is 1.43. The first-order valence-electron chi connectivity index (χ1n) is 2.21. The number of hydrogen-bond donors (Lipinski definition) is 0. The van der Waals surface area contributed by atoms with E-state index < -0.39 is 0 Å². The fourth-order valence-electron chi connectivity index (χ4n) is 0.583. The summed E-state index contributed by atoms with van der Waals surface area (Å²) < 4.78 is 5.64. The van der Waals surface area contributed by atoms with Crippen molar-refractivity contribution in [3.05, 3.63) is 18.6 Å². The third-order valence-electron chi connectivity index (χ3n) is 0.937. The van der Waals surface area contributed by atoms with Crippen molar-refractivity contribution in [2.45, 2.75) is 0 Å². The minimum atomic E-state index is 1.09. The molecule has 3 nitrogen and oxygen atoms in total. The summed E-state index contributed by atoms with van der Waals surface area (Å²) >= 11 is 1.44. The summed E-state index contributed by atoms with van der Waals surface area (Å²) in [7, 11) is 0. The van der Waals surface area contributed by atoms with E-state index in [2.05, 4.69) is 9.47 Å². The van der Waals surface area contributed by atoms with Gasteiger partial charge in [-0.15, -0.1) is 0 Å². The summed E-state index contributed by atoms with van der Waals surface area (Å²) in [5.74, 6) is 0. The summed E-state index contributed by atoms with van der Waals surface area (Å²) in [6, 6.07) is 1.93. The Hall–Kier alpha value is -0.900. The van der Waals surface area contributed by atoms with Gasteiger partial charge in [0.2, 0.25) is 0 Å². The van der Waals surface area contributed by atoms with Gasteiger partial charge in [-0.25, -0.2) is 4.52 Å². The van der Waals surface area contributed by atoms with E-state index in [4.69, 9.17) is 0 Å². The Kier molecular flexibility index (Phi) is 0.648. The average Bonchev–Trinajstić information content (AvgIpc) is 2.15. The number of aromatic nitrogens is 3. The molecular formula is C4H3N3S. The van der Waals surface area contributed by atoms with Crippen molar-refractivity contribution in [1.29, 1.82) is 0 Å². The van der Waals surface area contributed by atoms with Crippen molar-refractivity contribution in [1.82, 2.24) is 14.0 Å². The SMILES string of the molecule is c1cc2sncn2n1. The summed E-state index contributed by atoms with van der Waals surface area (Å²) in [6.45, 7) is 0. The molecule has 2 aromatic rings. The quantitative estimate of drug-likeness (QED) is 0.521. The molecule has 0 radical (unpaired) electrons. The van der Waals surface area contributed by atoms with Crippen molar-refractivity contribution in [2.75, 3.05) is 0 Å². The summed E-state index contributed by atoms with van der Waals surface area (Å²) in [5.41, 5.74) is 0. The van der Waals surface area contributed by atoms with Gasteiger partial charge in [-0.3, -0.25) is 0 Å². The van der Waals surface area contributed by atoms with E-state index in [1.54, 1.807) is 17.0 Å².